The average molecular weight is 241 g/mol. The molecule has 1 aromatic rings. The SMILES string of the molecule is CCC1(C)C(N)CC1Oc1cc(F)cc(F)c1. The highest BCUT2D eigenvalue weighted by molar-refractivity contribution is 5.25. The molecule has 1 fully saturated rings. The van der Waals surface area contributed by atoms with Crippen LogP contribution in [0.15, 0.2) is 18.2 Å². The number of ether oxygens (including phenoxy) is 1. The number of hydrogen-bond acceptors (Lipinski definition) is 2. The van der Waals surface area contributed by atoms with Crippen LogP contribution in [0, 0.1) is 17.0 Å². The van der Waals surface area contributed by atoms with Crippen molar-refractivity contribution in [2.45, 2.75) is 38.8 Å². The zero-order chi connectivity index (χ0) is 12.6. The van der Waals surface area contributed by atoms with E-state index in [-0.39, 0.29) is 23.3 Å². The molecule has 4 heteroatoms. The summed E-state index contributed by atoms with van der Waals surface area (Å²) in [5.74, 6) is -1.01. The van der Waals surface area contributed by atoms with Crippen LogP contribution in [0.2, 0.25) is 0 Å². The summed E-state index contributed by atoms with van der Waals surface area (Å²) in [6, 6.07) is 3.32. The minimum atomic E-state index is -0.623. The van der Waals surface area contributed by atoms with Crippen LogP contribution < -0.4 is 10.5 Å². The van der Waals surface area contributed by atoms with E-state index in [1.54, 1.807) is 0 Å². The van der Waals surface area contributed by atoms with E-state index in [1.807, 2.05) is 13.8 Å². The quantitative estimate of drug-likeness (QED) is 0.883. The lowest BCUT2D eigenvalue weighted by Crippen LogP contribution is -2.61. The highest BCUT2D eigenvalue weighted by Crippen LogP contribution is 2.44. The van der Waals surface area contributed by atoms with Crippen LogP contribution in [-0.4, -0.2) is 12.1 Å². The van der Waals surface area contributed by atoms with Gasteiger partial charge in [-0.05, 0) is 6.42 Å². The fourth-order valence-corrected chi connectivity index (χ4v) is 2.28. The molecule has 2 rings (SSSR count). The van der Waals surface area contributed by atoms with Crippen molar-refractivity contribution < 1.29 is 13.5 Å². The van der Waals surface area contributed by atoms with Crippen molar-refractivity contribution in [2.24, 2.45) is 11.1 Å². The molecule has 0 spiro atoms. The Balaban J connectivity index is 2.12. The summed E-state index contributed by atoms with van der Waals surface area (Å²) >= 11 is 0. The first-order chi connectivity index (χ1) is 7.95. The smallest absolute Gasteiger partial charge is 0.129 e. The van der Waals surface area contributed by atoms with Gasteiger partial charge >= 0.3 is 0 Å². The summed E-state index contributed by atoms with van der Waals surface area (Å²) in [4.78, 5) is 0. The largest absolute Gasteiger partial charge is 0.490 e. The first kappa shape index (κ1) is 12.3. The highest BCUT2D eigenvalue weighted by atomic mass is 19.1. The van der Waals surface area contributed by atoms with Gasteiger partial charge in [-0.2, -0.15) is 0 Å². The van der Waals surface area contributed by atoms with Crippen molar-refractivity contribution in [3.63, 3.8) is 0 Å². The van der Waals surface area contributed by atoms with Crippen LogP contribution in [0.3, 0.4) is 0 Å². The molecule has 1 aromatic carbocycles. The van der Waals surface area contributed by atoms with Gasteiger partial charge in [-0.3, -0.25) is 0 Å². The maximum Gasteiger partial charge on any atom is 0.129 e. The second-order valence-corrected chi connectivity index (χ2v) is 4.91. The maximum absolute atomic E-state index is 13.0. The van der Waals surface area contributed by atoms with Crippen molar-refractivity contribution >= 4 is 0 Å². The molecule has 0 amide bonds. The molecule has 1 aliphatic rings. The van der Waals surface area contributed by atoms with Gasteiger partial charge in [0, 0.05) is 36.1 Å². The molecule has 0 aliphatic heterocycles. The number of hydrogen-bond donors (Lipinski definition) is 1. The monoisotopic (exact) mass is 241 g/mol. The Morgan fingerprint density at radius 1 is 1.35 bits per heavy atom. The molecule has 3 unspecified atom stereocenters. The normalized spacial score (nSPS) is 32.1. The van der Waals surface area contributed by atoms with Crippen molar-refractivity contribution in [2.75, 3.05) is 0 Å². The molecule has 17 heavy (non-hydrogen) atoms. The molecule has 0 radical (unpaired) electrons. The van der Waals surface area contributed by atoms with Crippen LogP contribution in [0.1, 0.15) is 26.7 Å². The van der Waals surface area contributed by atoms with Gasteiger partial charge in [0.15, 0.2) is 0 Å². The van der Waals surface area contributed by atoms with E-state index in [2.05, 4.69) is 0 Å². The van der Waals surface area contributed by atoms with E-state index in [4.69, 9.17) is 10.5 Å². The second-order valence-electron chi connectivity index (χ2n) is 4.91. The van der Waals surface area contributed by atoms with Gasteiger partial charge in [0.2, 0.25) is 0 Å². The molecule has 0 bridgehead atoms. The lowest BCUT2D eigenvalue weighted by molar-refractivity contribution is -0.0562. The molecule has 0 aromatic heterocycles. The van der Waals surface area contributed by atoms with Crippen LogP contribution >= 0.6 is 0 Å². The van der Waals surface area contributed by atoms with Gasteiger partial charge < -0.3 is 10.5 Å². The zero-order valence-corrected chi connectivity index (χ0v) is 10.0. The van der Waals surface area contributed by atoms with Gasteiger partial charge in [-0.1, -0.05) is 13.8 Å². The second kappa shape index (κ2) is 4.26. The van der Waals surface area contributed by atoms with Crippen molar-refractivity contribution in [1.29, 1.82) is 0 Å². The molecule has 1 aliphatic carbocycles. The van der Waals surface area contributed by atoms with Gasteiger partial charge in [0.05, 0.1) is 0 Å². The van der Waals surface area contributed by atoms with Crippen LogP contribution in [0.4, 0.5) is 8.78 Å². The van der Waals surface area contributed by atoms with E-state index < -0.39 is 11.6 Å². The lowest BCUT2D eigenvalue weighted by atomic mass is 9.62. The molecule has 3 atom stereocenters. The van der Waals surface area contributed by atoms with Gasteiger partial charge in [-0.15, -0.1) is 0 Å². The van der Waals surface area contributed by atoms with E-state index in [0.717, 1.165) is 18.9 Å². The van der Waals surface area contributed by atoms with Gasteiger partial charge in [-0.25, -0.2) is 8.78 Å². The molecule has 2 N–H and O–H groups in total. The third kappa shape index (κ3) is 2.14. The Hall–Kier alpha value is -1.16. The average Bonchev–Trinajstić information content (AvgIpc) is 2.26. The Morgan fingerprint density at radius 2 is 1.94 bits per heavy atom. The number of rotatable bonds is 3. The fourth-order valence-electron chi connectivity index (χ4n) is 2.28. The predicted molar refractivity (Wildman–Crippen MR) is 61.8 cm³/mol. The molecular formula is C13H17F2NO. The molecule has 1 saturated carbocycles. The molecular weight excluding hydrogens is 224 g/mol. The highest BCUT2D eigenvalue weighted by Gasteiger charge is 2.50. The Morgan fingerprint density at radius 3 is 2.41 bits per heavy atom. The first-order valence-corrected chi connectivity index (χ1v) is 5.84. The molecule has 94 valence electrons. The minimum Gasteiger partial charge on any atom is -0.490 e. The zero-order valence-electron chi connectivity index (χ0n) is 10.0. The van der Waals surface area contributed by atoms with Gasteiger partial charge in [0.1, 0.15) is 23.5 Å². The minimum absolute atomic E-state index is 0.0660. The lowest BCUT2D eigenvalue weighted by Gasteiger charge is -2.51. The summed E-state index contributed by atoms with van der Waals surface area (Å²) in [5, 5.41) is 0. The molecule has 0 heterocycles. The summed E-state index contributed by atoms with van der Waals surface area (Å²) in [6.07, 6.45) is 1.54. The van der Waals surface area contributed by atoms with Crippen LogP contribution in [0.25, 0.3) is 0 Å². The summed E-state index contributed by atoms with van der Waals surface area (Å²) in [7, 11) is 0. The third-order valence-electron chi connectivity index (χ3n) is 3.93. The fraction of sp³-hybridized carbons (Fsp3) is 0.538. The number of halogens is 2. The standard InChI is InChI=1S/C13H17F2NO/c1-3-13(2)11(16)7-12(13)17-10-5-8(14)4-9(15)6-10/h4-6,11-12H,3,7,16H2,1-2H3. The summed E-state index contributed by atoms with van der Waals surface area (Å²) in [5.41, 5.74) is 5.83. The van der Waals surface area contributed by atoms with E-state index >= 15 is 0 Å². The topological polar surface area (TPSA) is 35.2 Å². The van der Waals surface area contributed by atoms with Crippen LogP contribution in [0.5, 0.6) is 5.75 Å². The summed E-state index contributed by atoms with van der Waals surface area (Å²) < 4.78 is 31.6. The Kier molecular flexibility index (Phi) is 3.08. The van der Waals surface area contributed by atoms with Crippen molar-refractivity contribution in [3.05, 3.63) is 29.8 Å². The Labute approximate surface area is 99.8 Å². The first-order valence-electron chi connectivity index (χ1n) is 5.84. The number of nitrogens with two attached hydrogens (primary N) is 1. The molecule has 0 saturated heterocycles. The van der Waals surface area contributed by atoms with E-state index in [1.165, 1.54) is 12.1 Å². The van der Waals surface area contributed by atoms with Gasteiger partial charge in [0.25, 0.3) is 0 Å². The van der Waals surface area contributed by atoms with Crippen molar-refractivity contribution in [1.82, 2.24) is 0 Å². The van der Waals surface area contributed by atoms with E-state index in [0.29, 0.717) is 0 Å². The Bertz CT molecular complexity index is 404. The maximum atomic E-state index is 13.0. The third-order valence-corrected chi connectivity index (χ3v) is 3.93. The van der Waals surface area contributed by atoms with Crippen molar-refractivity contribution in [3.8, 4) is 5.75 Å². The predicted octanol–water partition coefficient (Wildman–Crippen LogP) is 2.86. The summed E-state index contributed by atoms with van der Waals surface area (Å²) in [6.45, 7) is 4.09. The number of benzene rings is 1. The van der Waals surface area contributed by atoms with E-state index in [9.17, 15) is 8.78 Å². The van der Waals surface area contributed by atoms with Crippen LogP contribution in [-0.2, 0) is 0 Å². The molecule has 2 nitrogen and oxygen atoms in total.